The quantitative estimate of drug-likeness (QED) is 0.760. The average molecular weight is 280 g/mol. The van der Waals surface area contributed by atoms with Crippen LogP contribution in [-0.2, 0) is 19.1 Å². The topological polar surface area (TPSA) is 93.7 Å². The number of methoxy groups -OCH3 is 1. The molecule has 1 rings (SSSR count). The van der Waals surface area contributed by atoms with Crippen molar-refractivity contribution in [2.24, 2.45) is 0 Å². The van der Waals surface area contributed by atoms with Crippen molar-refractivity contribution in [3.05, 3.63) is 35.9 Å². The van der Waals surface area contributed by atoms with Gasteiger partial charge in [-0.25, -0.2) is 9.59 Å². The molecule has 7 heteroatoms. The van der Waals surface area contributed by atoms with E-state index in [0.29, 0.717) is 5.56 Å². The van der Waals surface area contributed by atoms with Crippen molar-refractivity contribution in [2.45, 2.75) is 6.10 Å². The predicted octanol–water partition coefficient (Wildman–Crippen LogP) is 0.373. The molecule has 0 aliphatic carbocycles. The number of nitrogens with one attached hydrogen (secondary N) is 2. The Labute approximate surface area is 116 Å². The van der Waals surface area contributed by atoms with E-state index in [4.69, 9.17) is 4.74 Å². The zero-order chi connectivity index (χ0) is 15.0. The van der Waals surface area contributed by atoms with E-state index in [9.17, 15) is 14.4 Å². The molecule has 1 aromatic carbocycles. The molecule has 0 unspecified atom stereocenters. The molecule has 0 saturated carbocycles. The normalized spacial score (nSPS) is 11.3. The van der Waals surface area contributed by atoms with Gasteiger partial charge in [0.15, 0.2) is 0 Å². The van der Waals surface area contributed by atoms with Gasteiger partial charge in [0.25, 0.3) is 5.91 Å². The minimum atomic E-state index is -1.21. The molecule has 0 aliphatic heterocycles. The highest BCUT2D eigenvalue weighted by molar-refractivity contribution is 5.97. The molecule has 0 radical (unpaired) electrons. The van der Waals surface area contributed by atoms with Gasteiger partial charge < -0.3 is 14.8 Å². The van der Waals surface area contributed by atoms with Crippen molar-refractivity contribution < 1.29 is 23.9 Å². The summed E-state index contributed by atoms with van der Waals surface area (Å²) < 4.78 is 9.67. The number of esters is 1. The second kappa shape index (κ2) is 7.90. The Morgan fingerprint density at radius 3 is 2.40 bits per heavy atom. The molecular weight excluding hydrogens is 264 g/mol. The molecule has 20 heavy (non-hydrogen) atoms. The van der Waals surface area contributed by atoms with Crippen LogP contribution >= 0.6 is 0 Å². The molecule has 0 heterocycles. The number of ether oxygens (including phenoxy) is 2. The lowest BCUT2D eigenvalue weighted by Gasteiger charge is -2.17. The summed E-state index contributed by atoms with van der Waals surface area (Å²) in [5, 5.41) is 4.31. The van der Waals surface area contributed by atoms with E-state index in [1.165, 1.54) is 14.2 Å². The summed E-state index contributed by atoms with van der Waals surface area (Å²) in [6.07, 6.45) is -1.21. The highest BCUT2D eigenvalue weighted by Crippen LogP contribution is 2.17. The van der Waals surface area contributed by atoms with E-state index in [2.05, 4.69) is 15.4 Å². The fraction of sp³-hybridized carbons (Fsp3) is 0.308. The number of rotatable bonds is 5. The van der Waals surface area contributed by atoms with Crippen LogP contribution in [0.4, 0.5) is 4.79 Å². The second-order valence-corrected chi connectivity index (χ2v) is 3.78. The number of hydrogen-bond acceptors (Lipinski definition) is 5. The smallest absolute Gasteiger partial charge is 0.333 e. The maximum atomic E-state index is 12.0. The number of carbonyl (C=O) groups is 3. The Bertz CT molecular complexity index is 475. The summed E-state index contributed by atoms with van der Waals surface area (Å²) in [7, 11) is 2.71. The van der Waals surface area contributed by atoms with Crippen LogP contribution in [-0.4, -0.2) is 38.7 Å². The fourth-order valence-corrected chi connectivity index (χ4v) is 1.42. The SMILES string of the molecule is CNC(=O)NC(=O)[C@@H](OC(=O)COC)c1ccccc1. The number of urea groups is 1. The van der Waals surface area contributed by atoms with Gasteiger partial charge in [0.05, 0.1) is 0 Å². The third-order valence-electron chi connectivity index (χ3n) is 2.32. The number of imide groups is 1. The van der Waals surface area contributed by atoms with E-state index in [-0.39, 0.29) is 6.61 Å². The maximum Gasteiger partial charge on any atom is 0.333 e. The first-order valence-corrected chi connectivity index (χ1v) is 5.84. The largest absolute Gasteiger partial charge is 0.446 e. The zero-order valence-corrected chi connectivity index (χ0v) is 11.2. The Morgan fingerprint density at radius 2 is 1.85 bits per heavy atom. The van der Waals surface area contributed by atoms with Crippen molar-refractivity contribution in [3.8, 4) is 0 Å². The molecule has 0 spiro atoms. The first-order valence-electron chi connectivity index (χ1n) is 5.84. The van der Waals surface area contributed by atoms with Gasteiger partial charge in [-0.15, -0.1) is 0 Å². The highest BCUT2D eigenvalue weighted by Gasteiger charge is 2.26. The molecule has 2 N–H and O–H groups in total. The van der Waals surface area contributed by atoms with E-state index in [1.807, 2.05) is 0 Å². The molecule has 3 amide bonds. The first kappa shape index (κ1) is 15.6. The lowest BCUT2D eigenvalue weighted by molar-refractivity contribution is -0.159. The number of carbonyl (C=O) groups excluding carboxylic acids is 3. The van der Waals surface area contributed by atoms with Gasteiger partial charge in [-0.1, -0.05) is 30.3 Å². The van der Waals surface area contributed by atoms with Crippen molar-refractivity contribution >= 4 is 17.9 Å². The van der Waals surface area contributed by atoms with Crippen molar-refractivity contribution in [3.63, 3.8) is 0 Å². The van der Waals surface area contributed by atoms with Crippen molar-refractivity contribution in [1.29, 1.82) is 0 Å². The van der Waals surface area contributed by atoms with E-state index < -0.39 is 24.0 Å². The second-order valence-electron chi connectivity index (χ2n) is 3.78. The molecule has 0 aliphatic rings. The Kier molecular flexibility index (Phi) is 6.18. The van der Waals surface area contributed by atoms with E-state index >= 15 is 0 Å². The molecule has 7 nitrogen and oxygen atoms in total. The average Bonchev–Trinajstić information content (AvgIpc) is 2.45. The highest BCUT2D eigenvalue weighted by atomic mass is 16.6. The van der Waals surface area contributed by atoms with Crippen LogP contribution in [0, 0.1) is 0 Å². The molecule has 1 aromatic rings. The molecule has 0 saturated heterocycles. The van der Waals surface area contributed by atoms with Crippen LogP contribution in [0.2, 0.25) is 0 Å². The third kappa shape index (κ3) is 4.69. The number of benzene rings is 1. The van der Waals surface area contributed by atoms with Crippen LogP contribution in [0.3, 0.4) is 0 Å². The summed E-state index contributed by atoms with van der Waals surface area (Å²) in [5.74, 6) is -1.44. The zero-order valence-electron chi connectivity index (χ0n) is 11.2. The molecule has 1 atom stereocenters. The monoisotopic (exact) mass is 280 g/mol. The molecule has 0 aromatic heterocycles. The van der Waals surface area contributed by atoms with Crippen LogP contribution in [0.25, 0.3) is 0 Å². The minimum Gasteiger partial charge on any atom is -0.446 e. The Balaban J connectivity index is 2.87. The minimum absolute atomic E-state index is 0.281. The fourth-order valence-electron chi connectivity index (χ4n) is 1.42. The molecule has 0 fully saturated rings. The number of amides is 3. The Morgan fingerprint density at radius 1 is 1.20 bits per heavy atom. The van der Waals surface area contributed by atoms with E-state index in [0.717, 1.165) is 0 Å². The predicted molar refractivity (Wildman–Crippen MR) is 69.7 cm³/mol. The van der Waals surface area contributed by atoms with Gasteiger partial charge in [-0.3, -0.25) is 10.1 Å². The standard InChI is InChI=1S/C13H16N2O5/c1-14-13(18)15-12(17)11(20-10(16)8-19-2)9-6-4-3-5-7-9/h3-7,11H,8H2,1-2H3,(H2,14,15,17,18)/t11-/m0/s1. The Hall–Kier alpha value is -2.41. The molecular formula is C13H16N2O5. The van der Waals surface area contributed by atoms with Gasteiger partial charge in [0.1, 0.15) is 6.61 Å². The summed E-state index contributed by atoms with van der Waals surface area (Å²) in [4.78, 5) is 34.6. The van der Waals surface area contributed by atoms with Crippen LogP contribution < -0.4 is 10.6 Å². The van der Waals surface area contributed by atoms with Crippen molar-refractivity contribution in [2.75, 3.05) is 20.8 Å². The number of hydrogen-bond donors (Lipinski definition) is 2. The van der Waals surface area contributed by atoms with Crippen LogP contribution in [0.5, 0.6) is 0 Å². The lowest BCUT2D eigenvalue weighted by Crippen LogP contribution is -2.41. The summed E-state index contributed by atoms with van der Waals surface area (Å²) in [6.45, 7) is -0.281. The van der Waals surface area contributed by atoms with Gasteiger partial charge in [0.2, 0.25) is 6.10 Å². The summed E-state index contributed by atoms with van der Waals surface area (Å²) >= 11 is 0. The molecule has 0 bridgehead atoms. The van der Waals surface area contributed by atoms with Gasteiger partial charge in [-0.05, 0) is 0 Å². The van der Waals surface area contributed by atoms with Gasteiger partial charge >= 0.3 is 12.0 Å². The summed E-state index contributed by atoms with van der Waals surface area (Å²) in [6, 6.07) is 7.70. The van der Waals surface area contributed by atoms with E-state index in [1.54, 1.807) is 30.3 Å². The van der Waals surface area contributed by atoms with Crippen molar-refractivity contribution in [1.82, 2.24) is 10.6 Å². The van der Waals surface area contributed by atoms with Gasteiger partial charge in [0, 0.05) is 19.7 Å². The van der Waals surface area contributed by atoms with Crippen LogP contribution in [0.15, 0.2) is 30.3 Å². The van der Waals surface area contributed by atoms with Crippen LogP contribution in [0.1, 0.15) is 11.7 Å². The lowest BCUT2D eigenvalue weighted by atomic mass is 10.1. The maximum absolute atomic E-state index is 12.0. The third-order valence-corrected chi connectivity index (χ3v) is 2.32. The first-order chi connectivity index (χ1) is 9.58. The summed E-state index contributed by atoms with van der Waals surface area (Å²) in [5.41, 5.74) is 0.457. The van der Waals surface area contributed by atoms with Gasteiger partial charge in [-0.2, -0.15) is 0 Å². The molecule has 108 valence electrons.